The van der Waals surface area contributed by atoms with Crippen LogP contribution in [0, 0.1) is 0 Å². The zero-order chi connectivity index (χ0) is 18.7. The van der Waals surface area contributed by atoms with Gasteiger partial charge in [-0.25, -0.2) is 13.1 Å². The molecule has 6 nitrogen and oxygen atoms in total. The van der Waals surface area contributed by atoms with Gasteiger partial charge in [0.15, 0.2) is 5.76 Å². The average Bonchev–Trinajstić information content (AvgIpc) is 3.31. The number of hydrogen-bond acceptors (Lipinski definition) is 6. The summed E-state index contributed by atoms with van der Waals surface area (Å²) >= 11 is 7.18. The number of hydrogen-bond donors (Lipinski definition) is 1. The van der Waals surface area contributed by atoms with Gasteiger partial charge >= 0.3 is 0 Å². The molecule has 0 radical (unpaired) electrons. The smallest absolute Gasteiger partial charge is 0.240 e. The molecule has 3 rings (SSSR count). The zero-order valence-corrected chi connectivity index (χ0v) is 16.0. The van der Waals surface area contributed by atoms with Crippen molar-refractivity contribution in [1.29, 1.82) is 0 Å². The number of ketones is 1. The first kappa shape index (κ1) is 18.7. The molecule has 0 saturated heterocycles. The molecule has 0 atom stereocenters. The Labute approximate surface area is 159 Å². The Morgan fingerprint density at radius 3 is 2.73 bits per heavy atom. The molecule has 2 heterocycles. The van der Waals surface area contributed by atoms with E-state index in [1.165, 1.54) is 42.9 Å². The van der Waals surface area contributed by atoms with E-state index in [0.29, 0.717) is 15.5 Å². The summed E-state index contributed by atoms with van der Waals surface area (Å²) in [5.41, 5.74) is 0. The van der Waals surface area contributed by atoms with Gasteiger partial charge in [-0.15, -0.1) is 11.3 Å². The van der Waals surface area contributed by atoms with Gasteiger partial charge in [-0.1, -0.05) is 11.6 Å². The second-order valence-corrected chi connectivity index (χ2v) is 8.54. The van der Waals surface area contributed by atoms with Crippen molar-refractivity contribution in [3.8, 4) is 5.75 Å². The Morgan fingerprint density at radius 2 is 2.08 bits per heavy atom. The van der Waals surface area contributed by atoms with Crippen LogP contribution in [0.1, 0.15) is 20.3 Å². The molecule has 2 aromatic heterocycles. The van der Waals surface area contributed by atoms with Gasteiger partial charge in [0.05, 0.1) is 28.2 Å². The van der Waals surface area contributed by atoms with E-state index in [4.69, 9.17) is 20.8 Å². The van der Waals surface area contributed by atoms with E-state index >= 15 is 0 Å². The molecule has 0 saturated carbocycles. The Balaban J connectivity index is 1.70. The van der Waals surface area contributed by atoms with Gasteiger partial charge in [-0.2, -0.15) is 0 Å². The topological polar surface area (TPSA) is 85.6 Å². The normalized spacial score (nSPS) is 11.5. The predicted octanol–water partition coefficient (Wildman–Crippen LogP) is 3.71. The number of carbonyl (C=O) groups is 1. The van der Waals surface area contributed by atoms with Crippen LogP contribution in [0.2, 0.25) is 5.02 Å². The van der Waals surface area contributed by atoms with Crippen molar-refractivity contribution in [2.75, 3.05) is 7.11 Å². The third-order valence-electron chi connectivity index (χ3n) is 3.50. The zero-order valence-electron chi connectivity index (χ0n) is 13.6. The number of sulfonamides is 1. The Kier molecular flexibility index (Phi) is 5.47. The highest BCUT2D eigenvalue weighted by Crippen LogP contribution is 2.27. The van der Waals surface area contributed by atoms with Crippen molar-refractivity contribution in [1.82, 2.24) is 4.72 Å². The molecule has 0 aliphatic rings. The maximum Gasteiger partial charge on any atom is 0.240 e. The van der Waals surface area contributed by atoms with Crippen LogP contribution in [0.15, 0.2) is 58.0 Å². The minimum atomic E-state index is -3.75. The molecule has 1 N–H and O–H groups in total. The number of benzene rings is 1. The number of halogens is 1. The van der Waals surface area contributed by atoms with E-state index in [1.54, 1.807) is 24.3 Å². The fourth-order valence-corrected chi connectivity index (χ4v) is 4.53. The molecule has 1 aromatic carbocycles. The van der Waals surface area contributed by atoms with E-state index in [0.717, 1.165) is 0 Å². The number of furan rings is 1. The Hall–Kier alpha value is -2.13. The van der Waals surface area contributed by atoms with Gasteiger partial charge in [0, 0.05) is 11.4 Å². The Morgan fingerprint density at radius 1 is 1.27 bits per heavy atom. The molecule has 3 aromatic rings. The molecular weight excluding hydrogens is 398 g/mol. The summed E-state index contributed by atoms with van der Waals surface area (Å²) in [7, 11) is -2.30. The summed E-state index contributed by atoms with van der Waals surface area (Å²) in [6, 6.07) is 10.8. The van der Waals surface area contributed by atoms with Crippen LogP contribution >= 0.6 is 22.9 Å². The first-order chi connectivity index (χ1) is 12.4. The number of nitrogens with one attached hydrogen (secondary N) is 1. The highest BCUT2D eigenvalue weighted by Gasteiger charge is 2.18. The van der Waals surface area contributed by atoms with E-state index in [2.05, 4.69) is 4.72 Å². The molecule has 0 aliphatic heterocycles. The molecule has 0 fully saturated rings. The van der Waals surface area contributed by atoms with Gasteiger partial charge in [0.2, 0.25) is 15.8 Å². The van der Waals surface area contributed by atoms with Crippen molar-refractivity contribution < 1.29 is 22.4 Å². The van der Waals surface area contributed by atoms with Crippen LogP contribution in [-0.2, 0) is 16.6 Å². The standard InChI is InChI=1S/C17H14ClNO5S2/c1-23-14-6-5-12(9-13(14)18)26(21,22)19-10-11-4-7-16(25-11)17(20)15-3-2-8-24-15/h2-9,19H,10H2,1H3. The van der Waals surface area contributed by atoms with Crippen LogP contribution in [0.5, 0.6) is 5.75 Å². The van der Waals surface area contributed by atoms with Crippen LogP contribution in [0.4, 0.5) is 0 Å². The molecule has 0 unspecified atom stereocenters. The average molecular weight is 412 g/mol. The van der Waals surface area contributed by atoms with Crippen molar-refractivity contribution in [3.63, 3.8) is 0 Å². The summed E-state index contributed by atoms with van der Waals surface area (Å²) in [6.07, 6.45) is 1.43. The van der Waals surface area contributed by atoms with Gasteiger partial charge in [-0.05, 0) is 42.5 Å². The fraction of sp³-hybridized carbons (Fsp3) is 0.118. The van der Waals surface area contributed by atoms with E-state index in [9.17, 15) is 13.2 Å². The summed E-state index contributed by atoms with van der Waals surface area (Å²) in [5.74, 6) is 0.396. The second-order valence-electron chi connectivity index (χ2n) is 5.19. The largest absolute Gasteiger partial charge is 0.495 e. The van der Waals surface area contributed by atoms with Gasteiger partial charge < -0.3 is 9.15 Å². The van der Waals surface area contributed by atoms with E-state index in [-0.39, 0.29) is 28.0 Å². The van der Waals surface area contributed by atoms with Gasteiger partial charge in [0.1, 0.15) is 5.75 Å². The van der Waals surface area contributed by atoms with Crippen LogP contribution in [0.25, 0.3) is 0 Å². The summed E-state index contributed by atoms with van der Waals surface area (Å²) < 4.78 is 37.4. The minimum absolute atomic E-state index is 0.0340. The van der Waals surface area contributed by atoms with Crippen molar-refractivity contribution >= 4 is 38.7 Å². The number of thiophene rings is 1. The Bertz CT molecular complexity index is 1030. The lowest BCUT2D eigenvalue weighted by atomic mass is 10.2. The highest BCUT2D eigenvalue weighted by molar-refractivity contribution is 7.89. The van der Waals surface area contributed by atoms with Crippen LogP contribution < -0.4 is 9.46 Å². The molecule has 0 aliphatic carbocycles. The molecule has 136 valence electrons. The van der Waals surface area contributed by atoms with E-state index < -0.39 is 10.0 Å². The third-order valence-corrected chi connectivity index (χ3v) is 6.28. The third kappa shape index (κ3) is 3.99. The maximum absolute atomic E-state index is 12.4. The molecule has 0 bridgehead atoms. The number of rotatable bonds is 7. The van der Waals surface area contributed by atoms with Crippen molar-refractivity contribution in [3.05, 3.63) is 69.3 Å². The number of ether oxygens (including phenoxy) is 1. The second kappa shape index (κ2) is 7.63. The summed E-state index contributed by atoms with van der Waals surface area (Å²) in [6.45, 7) is 0.0576. The van der Waals surface area contributed by atoms with Crippen molar-refractivity contribution in [2.24, 2.45) is 0 Å². The quantitative estimate of drug-likeness (QED) is 0.599. The predicted molar refractivity (Wildman–Crippen MR) is 98.5 cm³/mol. The molecule has 0 amide bonds. The van der Waals surface area contributed by atoms with Gasteiger partial charge in [-0.3, -0.25) is 4.79 Å². The van der Waals surface area contributed by atoms with Crippen LogP contribution in [0.3, 0.4) is 0 Å². The number of methoxy groups -OCH3 is 1. The van der Waals surface area contributed by atoms with Crippen molar-refractivity contribution in [2.45, 2.75) is 11.4 Å². The SMILES string of the molecule is COc1ccc(S(=O)(=O)NCc2ccc(C(=O)c3ccco3)s2)cc1Cl. The molecule has 0 spiro atoms. The first-order valence-electron chi connectivity index (χ1n) is 7.41. The molecule has 9 heteroatoms. The summed E-state index contributed by atoms with van der Waals surface area (Å²) in [4.78, 5) is 13.4. The molecule has 26 heavy (non-hydrogen) atoms. The maximum atomic E-state index is 12.4. The number of carbonyl (C=O) groups excluding carboxylic acids is 1. The monoisotopic (exact) mass is 411 g/mol. The van der Waals surface area contributed by atoms with Crippen LogP contribution in [-0.4, -0.2) is 21.3 Å². The molecular formula is C17H14ClNO5S2. The first-order valence-corrected chi connectivity index (χ1v) is 10.1. The van der Waals surface area contributed by atoms with E-state index in [1.807, 2.05) is 0 Å². The lowest BCUT2D eigenvalue weighted by Gasteiger charge is -2.08. The highest BCUT2D eigenvalue weighted by atomic mass is 35.5. The minimum Gasteiger partial charge on any atom is -0.495 e. The summed E-state index contributed by atoms with van der Waals surface area (Å²) in [5, 5.41) is 0.206. The lowest BCUT2D eigenvalue weighted by Crippen LogP contribution is -2.22. The fourth-order valence-electron chi connectivity index (χ4n) is 2.19. The lowest BCUT2D eigenvalue weighted by molar-refractivity contribution is 0.101. The van der Waals surface area contributed by atoms with Gasteiger partial charge in [0.25, 0.3) is 0 Å².